The zero-order chi connectivity index (χ0) is 29.7. The second-order valence-electron chi connectivity index (χ2n) is 11.8. The molecule has 1 aromatic carbocycles. The van der Waals surface area contributed by atoms with Gasteiger partial charge in [-0.15, -0.1) is 11.3 Å². The average Bonchev–Trinajstić information content (AvgIpc) is 3.32. The lowest BCUT2D eigenvalue weighted by Crippen LogP contribution is -2.54. The molecule has 3 amide bonds. The first-order valence-electron chi connectivity index (χ1n) is 13.8. The van der Waals surface area contributed by atoms with E-state index in [9.17, 15) is 23.2 Å². The van der Waals surface area contributed by atoms with Crippen molar-refractivity contribution in [1.29, 1.82) is 0 Å². The third-order valence-corrected chi connectivity index (χ3v) is 8.43. The molecule has 41 heavy (non-hydrogen) atoms. The van der Waals surface area contributed by atoms with E-state index in [4.69, 9.17) is 16.3 Å². The largest absolute Gasteiger partial charge is 0.370 e. The molecule has 2 heterocycles. The van der Waals surface area contributed by atoms with Crippen molar-refractivity contribution in [2.24, 2.45) is 11.3 Å². The molecule has 0 bridgehead atoms. The first-order chi connectivity index (χ1) is 19.4. The molecule has 1 saturated heterocycles. The highest BCUT2D eigenvalue weighted by atomic mass is 35.5. The number of carbonyl (C=O) groups is 3. The molecule has 2 aliphatic rings. The predicted molar refractivity (Wildman–Crippen MR) is 157 cm³/mol. The monoisotopic (exact) mass is 610 g/mol. The van der Waals surface area contributed by atoms with Crippen LogP contribution in [0.2, 0.25) is 4.34 Å². The number of carbonyl (C=O) groups excluding carboxylic acids is 3. The number of rotatable bonds is 11. The van der Waals surface area contributed by atoms with Gasteiger partial charge in [0, 0.05) is 37.4 Å². The highest BCUT2D eigenvalue weighted by Gasteiger charge is 2.33. The van der Waals surface area contributed by atoms with Crippen LogP contribution in [0.4, 0.5) is 20.2 Å². The van der Waals surface area contributed by atoms with Crippen molar-refractivity contribution in [3.05, 3.63) is 45.1 Å². The zero-order valence-corrected chi connectivity index (χ0v) is 25.1. The number of anilines is 2. The second-order valence-corrected chi connectivity index (χ2v) is 13.5. The van der Waals surface area contributed by atoms with Gasteiger partial charge in [0.25, 0.3) is 18.2 Å². The Hall–Kier alpha value is -2.60. The number of amides is 3. The summed E-state index contributed by atoms with van der Waals surface area (Å²) in [6, 6.07) is 6.69. The van der Waals surface area contributed by atoms with Crippen molar-refractivity contribution < 1.29 is 27.9 Å². The van der Waals surface area contributed by atoms with Gasteiger partial charge in [-0.05, 0) is 54.5 Å². The summed E-state index contributed by atoms with van der Waals surface area (Å²) in [7, 11) is 0. The van der Waals surface area contributed by atoms with Crippen molar-refractivity contribution in [2.75, 3.05) is 49.6 Å². The van der Waals surface area contributed by atoms with Crippen molar-refractivity contribution >= 4 is 52.0 Å². The van der Waals surface area contributed by atoms with Crippen LogP contribution >= 0.6 is 22.9 Å². The number of alkyl halides is 2. The normalized spacial score (nSPS) is 17.1. The minimum Gasteiger partial charge on any atom is -0.370 e. The lowest BCUT2D eigenvalue weighted by molar-refractivity contribution is -0.125. The lowest BCUT2D eigenvalue weighted by Gasteiger charge is -2.40. The Morgan fingerprint density at radius 3 is 2.56 bits per heavy atom. The molecular weight excluding hydrogens is 574 g/mol. The van der Waals surface area contributed by atoms with Crippen molar-refractivity contribution in [2.45, 2.75) is 52.5 Å². The van der Waals surface area contributed by atoms with Gasteiger partial charge in [-0.1, -0.05) is 38.8 Å². The van der Waals surface area contributed by atoms with Crippen molar-refractivity contribution in [3.63, 3.8) is 0 Å². The van der Waals surface area contributed by atoms with E-state index in [-0.39, 0.29) is 54.6 Å². The van der Waals surface area contributed by atoms with Crippen LogP contribution in [0.5, 0.6) is 0 Å². The Balaban J connectivity index is 1.58. The summed E-state index contributed by atoms with van der Waals surface area (Å²) in [6.45, 7) is 7.83. The quantitative estimate of drug-likeness (QED) is 0.346. The van der Waals surface area contributed by atoms with E-state index in [0.29, 0.717) is 28.2 Å². The molecule has 1 aromatic heterocycles. The van der Waals surface area contributed by atoms with Crippen LogP contribution in [0.25, 0.3) is 0 Å². The minimum absolute atomic E-state index is 0.0328. The summed E-state index contributed by atoms with van der Waals surface area (Å²) in [6.07, 6.45) is 0.444. The molecule has 1 atom stereocenters. The Kier molecular flexibility index (Phi) is 10.4. The van der Waals surface area contributed by atoms with Crippen LogP contribution in [-0.4, -0.2) is 68.1 Å². The highest BCUT2D eigenvalue weighted by Crippen LogP contribution is 2.34. The summed E-state index contributed by atoms with van der Waals surface area (Å²) < 4.78 is 33.8. The number of hydrogen-bond acceptors (Lipinski definition) is 6. The van der Waals surface area contributed by atoms with Crippen LogP contribution in [0.1, 0.15) is 61.7 Å². The number of benzene rings is 1. The number of nitrogens with one attached hydrogen (secondary N) is 2. The van der Waals surface area contributed by atoms with Crippen LogP contribution in [-0.2, 0) is 14.3 Å². The Morgan fingerprint density at radius 2 is 1.98 bits per heavy atom. The maximum atomic E-state index is 14.1. The number of ether oxygens (including phenoxy) is 1. The molecule has 12 heteroatoms. The van der Waals surface area contributed by atoms with Crippen molar-refractivity contribution in [1.82, 2.24) is 10.2 Å². The summed E-state index contributed by atoms with van der Waals surface area (Å²) in [5.74, 6) is -0.686. The number of halogens is 3. The topological polar surface area (TPSA) is 91.0 Å². The molecule has 4 rings (SSSR count). The summed E-state index contributed by atoms with van der Waals surface area (Å²) in [5.41, 5.74) is -0.194. The van der Waals surface area contributed by atoms with E-state index in [1.165, 1.54) is 23.1 Å². The zero-order valence-electron chi connectivity index (χ0n) is 23.6. The summed E-state index contributed by atoms with van der Waals surface area (Å²) >= 11 is 7.15. The smallest absolute Gasteiger partial charge is 0.265 e. The Labute approximate surface area is 248 Å². The van der Waals surface area contributed by atoms with E-state index in [1.54, 1.807) is 12.1 Å². The second kappa shape index (κ2) is 13.6. The molecule has 1 aliphatic carbocycles. The number of hydrogen-bond donors (Lipinski definition) is 2. The SMILES string of the molecule is CC(C)(C)CN(CC1CCC1)[C@H](CNC(=O)c1ccc(Cl)s1)C(=O)Nc1ccc(N2CCOCC2=O)c(C(F)F)c1. The molecule has 1 aliphatic heterocycles. The maximum Gasteiger partial charge on any atom is 0.265 e. The molecule has 2 N–H and O–H groups in total. The fraction of sp³-hybridized carbons (Fsp3) is 0.552. The molecule has 2 aromatic rings. The lowest BCUT2D eigenvalue weighted by atomic mass is 9.84. The number of nitrogens with zero attached hydrogens (tertiary/aromatic N) is 2. The van der Waals surface area contributed by atoms with Crippen LogP contribution < -0.4 is 15.5 Å². The predicted octanol–water partition coefficient (Wildman–Crippen LogP) is 5.59. The van der Waals surface area contributed by atoms with Crippen molar-refractivity contribution in [3.8, 4) is 0 Å². The highest BCUT2D eigenvalue weighted by molar-refractivity contribution is 7.18. The van der Waals surface area contributed by atoms with Gasteiger partial charge in [-0.2, -0.15) is 0 Å². The average molecular weight is 611 g/mol. The molecule has 224 valence electrons. The van der Waals surface area contributed by atoms with Gasteiger partial charge in [0.1, 0.15) is 12.6 Å². The molecule has 0 unspecified atom stereocenters. The van der Waals surface area contributed by atoms with E-state index in [1.807, 2.05) is 0 Å². The number of thiophene rings is 1. The first-order valence-corrected chi connectivity index (χ1v) is 15.0. The summed E-state index contributed by atoms with van der Waals surface area (Å²) in [4.78, 5) is 42.8. The van der Waals surface area contributed by atoms with Gasteiger partial charge in [-0.25, -0.2) is 8.78 Å². The fourth-order valence-corrected chi connectivity index (χ4v) is 6.03. The Morgan fingerprint density at radius 1 is 1.22 bits per heavy atom. The standard InChI is InChI=1S/C29H37ClF2N4O4S/c1-29(2,3)17-35(15-18-5-4-6-18)22(14-33-28(39)23-9-10-24(30)41-23)27(38)34-19-7-8-21(20(13-19)26(31)32)36-11-12-40-16-25(36)37/h7-10,13,18,22,26H,4-6,11-12,14-17H2,1-3H3,(H,33,39)(H,34,38)/t22-/m1/s1. The molecule has 8 nitrogen and oxygen atoms in total. The van der Waals surface area contributed by atoms with Crippen LogP contribution in [0, 0.1) is 11.3 Å². The van der Waals surface area contributed by atoms with Gasteiger partial charge in [0.05, 0.1) is 21.5 Å². The first kappa shape index (κ1) is 31.3. The minimum atomic E-state index is -2.86. The molecular formula is C29H37ClF2N4O4S. The molecule has 0 radical (unpaired) electrons. The maximum absolute atomic E-state index is 14.1. The van der Waals surface area contributed by atoms with E-state index >= 15 is 0 Å². The van der Waals surface area contributed by atoms with E-state index in [0.717, 1.165) is 30.6 Å². The van der Waals surface area contributed by atoms with Gasteiger partial charge >= 0.3 is 0 Å². The van der Waals surface area contributed by atoms with E-state index in [2.05, 4.69) is 36.3 Å². The van der Waals surface area contributed by atoms with E-state index < -0.39 is 24.3 Å². The van der Waals surface area contributed by atoms with Gasteiger partial charge in [0.2, 0.25) is 5.91 Å². The summed E-state index contributed by atoms with van der Waals surface area (Å²) in [5, 5.41) is 5.69. The van der Waals surface area contributed by atoms with Gasteiger partial charge in [-0.3, -0.25) is 19.3 Å². The molecule has 1 saturated carbocycles. The third kappa shape index (κ3) is 8.47. The third-order valence-electron chi connectivity index (χ3n) is 7.20. The van der Waals surface area contributed by atoms with Crippen LogP contribution in [0.15, 0.2) is 30.3 Å². The van der Waals surface area contributed by atoms with Gasteiger partial charge < -0.3 is 20.3 Å². The Bertz CT molecular complexity index is 1250. The van der Waals surface area contributed by atoms with Gasteiger partial charge in [0.15, 0.2) is 0 Å². The van der Waals surface area contributed by atoms with Crippen LogP contribution in [0.3, 0.4) is 0 Å². The number of morpholine rings is 1. The molecule has 2 fully saturated rings. The molecule has 0 spiro atoms. The fourth-order valence-electron chi connectivity index (χ4n) is 5.07.